The highest BCUT2D eigenvalue weighted by molar-refractivity contribution is 5.89. The Hall–Kier alpha value is -3.16. The van der Waals surface area contributed by atoms with Crippen molar-refractivity contribution in [3.8, 4) is 5.75 Å². The predicted octanol–water partition coefficient (Wildman–Crippen LogP) is 2.15. The second-order valence-electron chi connectivity index (χ2n) is 6.18. The fourth-order valence-electron chi connectivity index (χ4n) is 2.90. The fourth-order valence-corrected chi connectivity index (χ4v) is 2.90. The van der Waals surface area contributed by atoms with Gasteiger partial charge in [-0.3, -0.25) is 9.78 Å². The molecule has 1 aliphatic heterocycles. The summed E-state index contributed by atoms with van der Waals surface area (Å²) in [5.41, 5.74) is 0.971. The molecule has 27 heavy (non-hydrogen) atoms. The number of rotatable bonds is 4. The molecule has 1 aromatic carbocycles. The number of amides is 3. The van der Waals surface area contributed by atoms with Crippen LogP contribution in [0.15, 0.2) is 42.7 Å². The van der Waals surface area contributed by atoms with Crippen LogP contribution in [0.1, 0.15) is 5.56 Å². The van der Waals surface area contributed by atoms with Gasteiger partial charge in [-0.1, -0.05) is 12.1 Å². The van der Waals surface area contributed by atoms with Crippen LogP contribution < -0.4 is 10.1 Å². The number of carbonyl (C=O) groups is 2. The number of halogens is 1. The molecule has 0 spiro atoms. The topological polar surface area (TPSA) is 74.8 Å². The SMILES string of the molecule is COc1cccc(CC(=O)N2CCN(C(=O)Nc3ccncc3F)CC2)c1. The molecule has 1 aromatic heterocycles. The lowest BCUT2D eigenvalue weighted by Crippen LogP contribution is -2.52. The number of ether oxygens (including phenoxy) is 1. The largest absolute Gasteiger partial charge is 0.497 e. The summed E-state index contributed by atoms with van der Waals surface area (Å²) in [6, 6.07) is 8.42. The molecule has 0 radical (unpaired) electrons. The third kappa shape index (κ3) is 4.72. The first kappa shape index (κ1) is 18.6. The number of carbonyl (C=O) groups excluding carboxylic acids is 2. The van der Waals surface area contributed by atoms with Gasteiger partial charge in [0, 0.05) is 32.4 Å². The Balaban J connectivity index is 1.51. The van der Waals surface area contributed by atoms with Crippen molar-refractivity contribution in [1.82, 2.24) is 14.8 Å². The van der Waals surface area contributed by atoms with Crippen LogP contribution in [0, 0.1) is 5.82 Å². The monoisotopic (exact) mass is 372 g/mol. The normalized spacial score (nSPS) is 14.0. The molecule has 1 N–H and O–H groups in total. The van der Waals surface area contributed by atoms with E-state index in [9.17, 15) is 14.0 Å². The molecule has 3 rings (SSSR count). The standard InChI is InChI=1S/C19H21FN4O3/c1-27-15-4-2-3-14(11-15)12-18(25)23-7-9-24(10-8-23)19(26)22-17-5-6-21-13-16(17)20/h2-6,11,13H,7-10,12H2,1H3,(H,21,22,26). The van der Waals surface area contributed by atoms with E-state index in [1.165, 1.54) is 12.3 Å². The molecule has 8 heteroatoms. The molecule has 0 bridgehead atoms. The van der Waals surface area contributed by atoms with Crippen LogP contribution >= 0.6 is 0 Å². The van der Waals surface area contributed by atoms with Crippen molar-refractivity contribution in [1.29, 1.82) is 0 Å². The molecule has 2 heterocycles. The number of nitrogens with one attached hydrogen (secondary N) is 1. The average Bonchev–Trinajstić information content (AvgIpc) is 2.70. The number of benzene rings is 1. The number of anilines is 1. The van der Waals surface area contributed by atoms with E-state index < -0.39 is 5.82 Å². The molecule has 0 aliphatic carbocycles. The molecule has 1 saturated heterocycles. The van der Waals surface area contributed by atoms with Crippen molar-refractivity contribution in [2.24, 2.45) is 0 Å². The Morgan fingerprint density at radius 3 is 2.63 bits per heavy atom. The summed E-state index contributed by atoms with van der Waals surface area (Å²) in [6.07, 6.45) is 2.74. The Labute approximate surface area is 156 Å². The maximum atomic E-state index is 13.6. The van der Waals surface area contributed by atoms with Gasteiger partial charge < -0.3 is 19.9 Å². The summed E-state index contributed by atoms with van der Waals surface area (Å²) in [4.78, 5) is 31.7. The van der Waals surface area contributed by atoms with Crippen molar-refractivity contribution in [2.45, 2.75) is 6.42 Å². The predicted molar refractivity (Wildman–Crippen MR) is 98.1 cm³/mol. The molecular weight excluding hydrogens is 351 g/mol. The minimum absolute atomic E-state index is 0.00323. The second kappa shape index (κ2) is 8.48. The van der Waals surface area contributed by atoms with Gasteiger partial charge in [0.15, 0.2) is 5.82 Å². The number of urea groups is 1. The van der Waals surface area contributed by atoms with E-state index in [0.29, 0.717) is 31.9 Å². The number of piperazine rings is 1. The second-order valence-corrected chi connectivity index (χ2v) is 6.18. The van der Waals surface area contributed by atoms with Crippen molar-refractivity contribution >= 4 is 17.6 Å². The van der Waals surface area contributed by atoms with Gasteiger partial charge in [-0.15, -0.1) is 0 Å². The first-order valence-electron chi connectivity index (χ1n) is 8.63. The van der Waals surface area contributed by atoms with Crippen molar-refractivity contribution in [2.75, 3.05) is 38.6 Å². The number of methoxy groups -OCH3 is 1. The smallest absolute Gasteiger partial charge is 0.322 e. The van der Waals surface area contributed by atoms with Gasteiger partial charge >= 0.3 is 6.03 Å². The maximum absolute atomic E-state index is 13.6. The van der Waals surface area contributed by atoms with Gasteiger partial charge in [-0.2, -0.15) is 0 Å². The Morgan fingerprint density at radius 2 is 1.93 bits per heavy atom. The van der Waals surface area contributed by atoms with Gasteiger partial charge in [-0.05, 0) is 23.8 Å². The lowest BCUT2D eigenvalue weighted by Gasteiger charge is -2.34. The Morgan fingerprint density at radius 1 is 1.19 bits per heavy atom. The van der Waals surface area contributed by atoms with Crippen LogP contribution in [0.3, 0.4) is 0 Å². The highest BCUT2D eigenvalue weighted by Gasteiger charge is 2.24. The Kier molecular flexibility index (Phi) is 5.85. The van der Waals surface area contributed by atoms with Gasteiger partial charge in [0.05, 0.1) is 25.4 Å². The lowest BCUT2D eigenvalue weighted by atomic mass is 10.1. The number of hydrogen-bond acceptors (Lipinski definition) is 4. The van der Waals surface area contributed by atoms with Crippen LogP contribution in [-0.2, 0) is 11.2 Å². The van der Waals surface area contributed by atoms with Crippen LogP contribution in [0.4, 0.5) is 14.9 Å². The van der Waals surface area contributed by atoms with E-state index in [4.69, 9.17) is 4.74 Å². The zero-order valence-corrected chi connectivity index (χ0v) is 15.0. The third-order valence-corrected chi connectivity index (χ3v) is 4.42. The van der Waals surface area contributed by atoms with Crippen LogP contribution in [0.2, 0.25) is 0 Å². The molecule has 2 aromatic rings. The first-order chi connectivity index (χ1) is 13.1. The molecule has 0 unspecified atom stereocenters. The van der Waals surface area contributed by atoms with E-state index in [-0.39, 0.29) is 24.0 Å². The van der Waals surface area contributed by atoms with Crippen molar-refractivity contribution in [3.63, 3.8) is 0 Å². The van der Waals surface area contributed by atoms with E-state index in [1.807, 2.05) is 24.3 Å². The summed E-state index contributed by atoms with van der Waals surface area (Å²) in [7, 11) is 1.59. The highest BCUT2D eigenvalue weighted by atomic mass is 19.1. The van der Waals surface area contributed by atoms with Gasteiger partial charge in [-0.25, -0.2) is 9.18 Å². The molecule has 1 aliphatic rings. The van der Waals surface area contributed by atoms with Crippen LogP contribution in [0.25, 0.3) is 0 Å². The maximum Gasteiger partial charge on any atom is 0.322 e. The van der Waals surface area contributed by atoms with Gasteiger partial charge in [0.25, 0.3) is 0 Å². The molecule has 7 nitrogen and oxygen atoms in total. The number of hydrogen-bond donors (Lipinski definition) is 1. The van der Waals surface area contributed by atoms with Crippen LogP contribution in [-0.4, -0.2) is 60.0 Å². The summed E-state index contributed by atoms with van der Waals surface area (Å²) >= 11 is 0. The quantitative estimate of drug-likeness (QED) is 0.892. The molecule has 3 amide bonds. The van der Waals surface area contributed by atoms with Gasteiger partial charge in [0.2, 0.25) is 5.91 Å². The summed E-state index contributed by atoms with van der Waals surface area (Å²) < 4.78 is 18.8. The van der Waals surface area contributed by atoms with E-state index in [0.717, 1.165) is 11.8 Å². The molecule has 142 valence electrons. The van der Waals surface area contributed by atoms with E-state index >= 15 is 0 Å². The first-order valence-corrected chi connectivity index (χ1v) is 8.63. The molecule has 0 atom stereocenters. The highest BCUT2D eigenvalue weighted by Crippen LogP contribution is 2.15. The van der Waals surface area contributed by atoms with E-state index in [2.05, 4.69) is 10.3 Å². The lowest BCUT2D eigenvalue weighted by molar-refractivity contribution is -0.131. The number of aromatic nitrogens is 1. The number of nitrogens with zero attached hydrogens (tertiary/aromatic N) is 3. The zero-order chi connectivity index (χ0) is 19.2. The van der Waals surface area contributed by atoms with E-state index in [1.54, 1.807) is 16.9 Å². The van der Waals surface area contributed by atoms with Crippen molar-refractivity contribution in [3.05, 3.63) is 54.1 Å². The molecule has 1 fully saturated rings. The van der Waals surface area contributed by atoms with Gasteiger partial charge in [0.1, 0.15) is 5.75 Å². The minimum Gasteiger partial charge on any atom is -0.497 e. The average molecular weight is 372 g/mol. The zero-order valence-electron chi connectivity index (χ0n) is 15.0. The summed E-state index contributed by atoms with van der Waals surface area (Å²) in [6.45, 7) is 1.66. The fraction of sp³-hybridized carbons (Fsp3) is 0.316. The van der Waals surface area contributed by atoms with Crippen molar-refractivity contribution < 1.29 is 18.7 Å². The summed E-state index contributed by atoms with van der Waals surface area (Å²) in [5.74, 6) is 0.131. The molecule has 0 saturated carbocycles. The minimum atomic E-state index is -0.585. The third-order valence-electron chi connectivity index (χ3n) is 4.42. The summed E-state index contributed by atoms with van der Waals surface area (Å²) in [5, 5.41) is 2.53. The van der Waals surface area contributed by atoms with Crippen LogP contribution in [0.5, 0.6) is 5.75 Å². The number of pyridine rings is 1. The Bertz CT molecular complexity index is 822. The molecular formula is C19H21FN4O3.